The predicted molar refractivity (Wildman–Crippen MR) is 74.9 cm³/mol. The fourth-order valence-corrected chi connectivity index (χ4v) is 1.86. The van der Waals surface area contributed by atoms with Crippen molar-refractivity contribution >= 4 is 17.0 Å². The number of aromatic nitrogens is 4. The summed E-state index contributed by atoms with van der Waals surface area (Å²) in [5.74, 6) is 1.26. The standard InChI is InChI=1S/C13H21N5O/c1-9(2)4-5-13(3,19)6-14-11-10-12(16-7-15-10)18-8-17-11/h7-9,19H,4-6H2,1-3H3,(H2,14,15,16,17,18). The van der Waals surface area contributed by atoms with Gasteiger partial charge in [0, 0.05) is 6.54 Å². The average Bonchev–Trinajstić information content (AvgIpc) is 2.83. The zero-order chi connectivity index (χ0) is 13.9. The highest BCUT2D eigenvalue weighted by molar-refractivity contribution is 5.81. The van der Waals surface area contributed by atoms with Crippen LogP contribution in [-0.2, 0) is 0 Å². The summed E-state index contributed by atoms with van der Waals surface area (Å²) < 4.78 is 0. The Hall–Kier alpha value is -1.69. The molecule has 0 saturated carbocycles. The number of nitrogens with one attached hydrogen (secondary N) is 2. The van der Waals surface area contributed by atoms with E-state index < -0.39 is 5.60 Å². The monoisotopic (exact) mass is 263 g/mol. The normalized spacial score (nSPS) is 14.8. The van der Waals surface area contributed by atoms with Crippen molar-refractivity contribution in [1.82, 2.24) is 19.9 Å². The molecular weight excluding hydrogens is 242 g/mol. The summed E-state index contributed by atoms with van der Waals surface area (Å²) in [6.45, 7) is 6.60. The summed E-state index contributed by atoms with van der Waals surface area (Å²) >= 11 is 0. The van der Waals surface area contributed by atoms with Crippen LogP contribution >= 0.6 is 0 Å². The molecule has 0 aromatic carbocycles. The second kappa shape index (κ2) is 5.52. The van der Waals surface area contributed by atoms with Crippen LogP contribution < -0.4 is 5.32 Å². The second-order valence-corrected chi connectivity index (χ2v) is 5.61. The van der Waals surface area contributed by atoms with Gasteiger partial charge in [0.15, 0.2) is 11.5 Å². The van der Waals surface area contributed by atoms with Gasteiger partial charge in [-0.05, 0) is 25.7 Å². The molecule has 0 aliphatic heterocycles. The van der Waals surface area contributed by atoms with Gasteiger partial charge in [-0.1, -0.05) is 13.8 Å². The number of H-pyrrole nitrogens is 1. The molecule has 0 amide bonds. The fraction of sp³-hybridized carbons (Fsp3) is 0.615. The first-order valence-corrected chi connectivity index (χ1v) is 6.58. The number of fused-ring (bicyclic) bond motifs is 1. The van der Waals surface area contributed by atoms with Crippen LogP contribution in [0.25, 0.3) is 11.2 Å². The predicted octanol–water partition coefficient (Wildman–Crippen LogP) is 1.95. The Morgan fingerprint density at radius 3 is 2.89 bits per heavy atom. The molecule has 2 aromatic heterocycles. The van der Waals surface area contributed by atoms with Gasteiger partial charge < -0.3 is 15.4 Å². The van der Waals surface area contributed by atoms with E-state index in [1.54, 1.807) is 6.33 Å². The van der Waals surface area contributed by atoms with Crippen LogP contribution in [-0.4, -0.2) is 37.2 Å². The van der Waals surface area contributed by atoms with Crippen molar-refractivity contribution in [1.29, 1.82) is 0 Å². The molecule has 2 rings (SSSR count). The van der Waals surface area contributed by atoms with E-state index in [2.05, 4.69) is 39.1 Å². The second-order valence-electron chi connectivity index (χ2n) is 5.61. The fourth-order valence-electron chi connectivity index (χ4n) is 1.86. The van der Waals surface area contributed by atoms with Crippen LogP contribution in [0.3, 0.4) is 0 Å². The zero-order valence-electron chi connectivity index (χ0n) is 11.6. The van der Waals surface area contributed by atoms with Gasteiger partial charge in [0.05, 0.1) is 11.9 Å². The van der Waals surface area contributed by atoms with Crippen molar-refractivity contribution in [2.24, 2.45) is 5.92 Å². The van der Waals surface area contributed by atoms with Crippen molar-refractivity contribution in [3.8, 4) is 0 Å². The van der Waals surface area contributed by atoms with Gasteiger partial charge in [0.2, 0.25) is 0 Å². The molecule has 19 heavy (non-hydrogen) atoms. The van der Waals surface area contributed by atoms with Crippen molar-refractivity contribution < 1.29 is 5.11 Å². The summed E-state index contributed by atoms with van der Waals surface area (Å²) in [6.07, 6.45) is 4.81. The number of hydrogen-bond donors (Lipinski definition) is 3. The topological polar surface area (TPSA) is 86.7 Å². The Labute approximate surface area is 112 Å². The highest BCUT2D eigenvalue weighted by atomic mass is 16.3. The van der Waals surface area contributed by atoms with E-state index in [1.165, 1.54) is 6.33 Å². The first-order valence-electron chi connectivity index (χ1n) is 6.58. The van der Waals surface area contributed by atoms with E-state index in [1.807, 2.05) is 6.92 Å². The summed E-state index contributed by atoms with van der Waals surface area (Å²) in [5, 5.41) is 13.5. The van der Waals surface area contributed by atoms with Crippen LogP contribution in [0.5, 0.6) is 0 Å². The van der Waals surface area contributed by atoms with E-state index >= 15 is 0 Å². The van der Waals surface area contributed by atoms with Gasteiger partial charge in [-0.15, -0.1) is 0 Å². The summed E-state index contributed by atoms with van der Waals surface area (Å²) in [7, 11) is 0. The van der Waals surface area contributed by atoms with Gasteiger partial charge in [0.1, 0.15) is 11.8 Å². The van der Waals surface area contributed by atoms with Gasteiger partial charge >= 0.3 is 0 Å². The summed E-state index contributed by atoms with van der Waals surface area (Å²) in [5.41, 5.74) is 0.642. The number of aliphatic hydroxyl groups is 1. The molecule has 3 N–H and O–H groups in total. The number of aromatic amines is 1. The molecule has 6 heteroatoms. The minimum absolute atomic E-state index is 0.449. The number of imidazole rings is 1. The lowest BCUT2D eigenvalue weighted by Gasteiger charge is -2.24. The molecule has 0 aliphatic carbocycles. The first kappa shape index (κ1) is 13.7. The molecule has 0 spiro atoms. The van der Waals surface area contributed by atoms with E-state index in [-0.39, 0.29) is 0 Å². The van der Waals surface area contributed by atoms with Crippen molar-refractivity contribution in [2.75, 3.05) is 11.9 Å². The molecule has 0 saturated heterocycles. The van der Waals surface area contributed by atoms with Crippen LogP contribution in [0.4, 0.5) is 5.82 Å². The molecule has 1 unspecified atom stereocenters. The highest BCUT2D eigenvalue weighted by Crippen LogP contribution is 2.19. The maximum Gasteiger partial charge on any atom is 0.182 e. The number of nitrogens with zero attached hydrogens (tertiary/aromatic N) is 3. The van der Waals surface area contributed by atoms with Crippen molar-refractivity contribution in [3.63, 3.8) is 0 Å². The molecule has 0 bridgehead atoms. The molecule has 104 valence electrons. The van der Waals surface area contributed by atoms with Gasteiger partial charge in [-0.2, -0.15) is 0 Å². The average molecular weight is 263 g/mol. The molecule has 2 heterocycles. The number of rotatable bonds is 6. The molecule has 6 nitrogen and oxygen atoms in total. The quantitative estimate of drug-likeness (QED) is 0.741. The maximum absolute atomic E-state index is 10.3. The summed E-state index contributed by atoms with van der Waals surface area (Å²) in [6, 6.07) is 0. The van der Waals surface area contributed by atoms with E-state index in [0.29, 0.717) is 23.9 Å². The third kappa shape index (κ3) is 3.64. The molecule has 0 radical (unpaired) electrons. The Bertz CT molecular complexity index is 535. The Kier molecular flexibility index (Phi) is 3.99. The maximum atomic E-state index is 10.3. The van der Waals surface area contributed by atoms with Gasteiger partial charge in [0.25, 0.3) is 0 Å². The van der Waals surface area contributed by atoms with Gasteiger partial charge in [-0.3, -0.25) is 0 Å². The Morgan fingerprint density at radius 1 is 1.37 bits per heavy atom. The minimum atomic E-state index is -0.748. The largest absolute Gasteiger partial charge is 0.388 e. The summed E-state index contributed by atoms with van der Waals surface area (Å²) in [4.78, 5) is 15.3. The van der Waals surface area contributed by atoms with Crippen LogP contribution in [0, 0.1) is 5.92 Å². The lowest BCUT2D eigenvalue weighted by atomic mass is 9.95. The van der Waals surface area contributed by atoms with Gasteiger partial charge in [-0.25, -0.2) is 15.0 Å². The highest BCUT2D eigenvalue weighted by Gasteiger charge is 2.21. The minimum Gasteiger partial charge on any atom is -0.388 e. The third-order valence-electron chi connectivity index (χ3n) is 3.12. The van der Waals surface area contributed by atoms with E-state index in [9.17, 15) is 5.11 Å². The molecule has 0 fully saturated rings. The zero-order valence-corrected chi connectivity index (χ0v) is 11.6. The third-order valence-corrected chi connectivity index (χ3v) is 3.12. The van der Waals surface area contributed by atoms with Crippen molar-refractivity contribution in [3.05, 3.63) is 12.7 Å². The Morgan fingerprint density at radius 2 is 2.16 bits per heavy atom. The Balaban J connectivity index is 2.00. The molecule has 2 aromatic rings. The smallest absolute Gasteiger partial charge is 0.182 e. The first-order chi connectivity index (χ1) is 8.98. The molecule has 0 aliphatic rings. The van der Waals surface area contributed by atoms with Crippen LogP contribution in [0.1, 0.15) is 33.6 Å². The SMILES string of the molecule is CC(C)CCC(C)(O)CNc1ncnc2nc[nH]c12. The van der Waals surface area contributed by atoms with Crippen LogP contribution in [0.15, 0.2) is 12.7 Å². The lowest BCUT2D eigenvalue weighted by Crippen LogP contribution is -2.34. The lowest BCUT2D eigenvalue weighted by molar-refractivity contribution is 0.0585. The number of hydrogen-bond acceptors (Lipinski definition) is 5. The number of anilines is 1. The molecular formula is C13H21N5O. The van der Waals surface area contributed by atoms with E-state index in [4.69, 9.17) is 0 Å². The van der Waals surface area contributed by atoms with Crippen LogP contribution in [0.2, 0.25) is 0 Å². The van der Waals surface area contributed by atoms with Crippen molar-refractivity contribution in [2.45, 2.75) is 39.2 Å². The molecule has 1 atom stereocenters. The van der Waals surface area contributed by atoms with E-state index in [0.717, 1.165) is 18.4 Å².